The van der Waals surface area contributed by atoms with E-state index in [9.17, 15) is 8.78 Å². The Bertz CT molecular complexity index is 1170. The van der Waals surface area contributed by atoms with Gasteiger partial charge in [-0.1, -0.05) is 74.0 Å². The summed E-state index contributed by atoms with van der Waals surface area (Å²) in [5, 5.41) is 0. The van der Waals surface area contributed by atoms with Crippen LogP contribution in [0.25, 0.3) is 22.3 Å². The first-order valence-corrected chi connectivity index (χ1v) is 12.1. The fraction of sp³-hybridized carbons (Fsp3) is 0.333. The van der Waals surface area contributed by atoms with Gasteiger partial charge in [0.05, 0.1) is 0 Å². The predicted molar refractivity (Wildman–Crippen MR) is 131 cm³/mol. The van der Waals surface area contributed by atoms with E-state index in [4.69, 9.17) is 0 Å². The second kappa shape index (κ2) is 10.6. The Morgan fingerprint density at radius 1 is 0.706 bits per heavy atom. The quantitative estimate of drug-likeness (QED) is 0.251. The van der Waals surface area contributed by atoms with Gasteiger partial charge in [-0.05, 0) is 73.1 Å². The Morgan fingerprint density at radius 2 is 1.26 bits per heavy atom. The van der Waals surface area contributed by atoms with Gasteiger partial charge in [-0.3, -0.25) is 0 Å². The lowest BCUT2D eigenvalue weighted by Crippen LogP contribution is -2.13. The van der Waals surface area contributed by atoms with E-state index in [1.807, 2.05) is 13.8 Å². The number of hydrogen-bond donors (Lipinski definition) is 0. The van der Waals surface area contributed by atoms with Crippen molar-refractivity contribution in [3.63, 3.8) is 0 Å². The van der Waals surface area contributed by atoms with Crippen molar-refractivity contribution >= 4 is 0 Å². The van der Waals surface area contributed by atoms with Crippen molar-refractivity contribution in [3.05, 3.63) is 95.1 Å². The van der Waals surface area contributed by atoms with Gasteiger partial charge in [-0.15, -0.1) is 0 Å². The molecule has 178 valence electrons. The number of hydrogen-bond acceptors (Lipinski definition) is 0. The summed E-state index contributed by atoms with van der Waals surface area (Å²) in [6.07, 6.45) is 9.10. The molecule has 4 rings (SSSR count). The van der Waals surface area contributed by atoms with Gasteiger partial charge < -0.3 is 0 Å². The molecule has 0 nitrogen and oxygen atoms in total. The first kappa shape index (κ1) is 24.3. The molecule has 0 unspecified atom stereocenters. The van der Waals surface area contributed by atoms with Crippen molar-refractivity contribution in [3.8, 4) is 22.3 Å². The van der Waals surface area contributed by atoms with E-state index in [2.05, 4.69) is 12.2 Å². The highest BCUT2D eigenvalue weighted by Crippen LogP contribution is 2.39. The van der Waals surface area contributed by atoms with Crippen LogP contribution in [-0.2, 0) is 6.42 Å². The average Bonchev–Trinajstić information content (AvgIpc) is 2.85. The van der Waals surface area contributed by atoms with Crippen LogP contribution < -0.4 is 0 Å². The van der Waals surface area contributed by atoms with Gasteiger partial charge in [0.2, 0.25) is 0 Å². The highest BCUT2D eigenvalue weighted by Gasteiger charge is 2.25. The fourth-order valence-corrected chi connectivity index (χ4v) is 5.10. The van der Waals surface area contributed by atoms with Crippen LogP contribution in [0.1, 0.15) is 63.0 Å². The van der Waals surface area contributed by atoms with Crippen LogP contribution in [0.5, 0.6) is 0 Å². The van der Waals surface area contributed by atoms with E-state index in [0.717, 1.165) is 32.1 Å². The molecule has 0 atom stereocenters. The minimum Gasteiger partial charge on any atom is -0.203 e. The van der Waals surface area contributed by atoms with Crippen LogP contribution in [0, 0.1) is 29.2 Å². The molecular formula is C30H30F4. The standard InChI is InChI=1S/C30H30F4/c1-3-5-19-7-9-20(10-8-19)25-17-18-26(30(34)29(25)33)22-13-11-21(12-14-22)24-16-15-23(6-4-2)27(31)28(24)32/h3,5,11-20H,4,6-10H2,1-2H3. The summed E-state index contributed by atoms with van der Waals surface area (Å²) in [6.45, 7) is 3.92. The van der Waals surface area contributed by atoms with Crippen LogP contribution in [0.4, 0.5) is 17.6 Å². The normalized spacial score (nSPS) is 18.5. The third-order valence-electron chi connectivity index (χ3n) is 6.98. The Labute approximate surface area is 199 Å². The molecule has 0 N–H and O–H groups in total. The highest BCUT2D eigenvalue weighted by atomic mass is 19.2. The van der Waals surface area contributed by atoms with Crippen molar-refractivity contribution in [1.29, 1.82) is 0 Å². The predicted octanol–water partition coefficient (Wildman–Crippen LogP) is 9.38. The van der Waals surface area contributed by atoms with Crippen molar-refractivity contribution < 1.29 is 17.6 Å². The Kier molecular flexibility index (Phi) is 7.55. The van der Waals surface area contributed by atoms with E-state index in [0.29, 0.717) is 34.6 Å². The number of aryl methyl sites for hydroxylation is 1. The molecule has 0 heterocycles. The number of benzene rings is 3. The topological polar surface area (TPSA) is 0 Å². The molecule has 1 fully saturated rings. The van der Waals surface area contributed by atoms with Crippen molar-refractivity contribution in [2.24, 2.45) is 5.92 Å². The summed E-state index contributed by atoms with van der Waals surface area (Å²) in [7, 11) is 0. The SMILES string of the molecule is CC=CC1CCC(c2ccc(-c3ccc(-c4ccc(CCC)c(F)c4F)cc3)c(F)c2F)CC1. The smallest absolute Gasteiger partial charge is 0.166 e. The van der Waals surface area contributed by atoms with Crippen LogP contribution >= 0.6 is 0 Å². The second-order valence-corrected chi connectivity index (χ2v) is 9.20. The first-order valence-electron chi connectivity index (χ1n) is 12.1. The van der Waals surface area contributed by atoms with Gasteiger partial charge in [0.25, 0.3) is 0 Å². The fourth-order valence-electron chi connectivity index (χ4n) is 5.10. The molecule has 0 amide bonds. The summed E-state index contributed by atoms with van der Waals surface area (Å²) in [6, 6.07) is 13.0. The maximum absolute atomic E-state index is 15.1. The van der Waals surface area contributed by atoms with Gasteiger partial charge in [0, 0.05) is 11.1 Å². The van der Waals surface area contributed by atoms with Gasteiger partial charge >= 0.3 is 0 Å². The summed E-state index contributed by atoms with van der Waals surface area (Å²) in [4.78, 5) is 0. The highest BCUT2D eigenvalue weighted by molar-refractivity contribution is 5.71. The Balaban J connectivity index is 1.57. The summed E-state index contributed by atoms with van der Waals surface area (Å²) in [5.74, 6) is -2.80. The number of rotatable bonds is 6. The molecule has 0 aliphatic heterocycles. The molecule has 0 bridgehead atoms. The minimum atomic E-state index is -0.885. The third kappa shape index (κ3) is 4.82. The number of halogens is 4. The molecule has 1 aliphatic rings. The summed E-state index contributed by atoms with van der Waals surface area (Å²) < 4.78 is 59.1. The van der Waals surface area contributed by atoms with Crippen molar-refractivity contribution in [2.45, 2.75) is 58.3 Å². The molecule has 0 radical (unpaired) electrons. The van der Waals surface area contributed by atoms with Crippen LogP contribution in [0.3, 0.4) is 0 Å². The van der Waals surface area contributed by atoms with Crippen LogP contribution in [0.15, 0.2) is 60.7 Å². The summed E-state index contributed by atoms with van der Waals surface area (Å²) >= 11 is 0. The first-order chi connectivity index (χ1) is 16.4. The lowest BCUT2D eigenvalue weighted by molar-refractivity contribution is 0.364. The zero-order valence-electron chi connectivity index (χ0n) is 19.7. The molecule has 0 spiro atoms. The minimum absolute atomic E-state index is 0.0287. The van der Waals surface area contributed by atoms with Gasteiger partial charge in [0.1, 0.15) is 0 Å². The lowest BCUT2D eigenvalue weighted by Gasteiger charge is -2.27. The van der Waals surface area contributed by atoms with Crippen molar-refractivity contribution in [1.82, 2.24) is 0 Å². The largest absolute Gasteiger partial charge is 0.203 e. The van der Waals surface area contributed by atoms with Crippen molar-refractivity contribution in [2.75, 3.05) is 0 Å². The lowest BCUT2D eigenvalue weighted by atomic mass is 9.78. The van der Waals surface area contributed by atoms with Gasteiger partial charge in [-0.25, -0.2) is 17.6 Å². The summed E-state index contributed by atoms with van der Waals surface area (Å²) in [5.41, 5.74) is 2.10. The Morgan fingerprint density at radius 3 is 1.82 bits per heavy atom. The molecule has 3 aromatic rings. The third-order valence-corrected chi connectivity index (χ3v) is 6.98. The van der Waals surface area contributed by atoms with E-state index < -0.39 is 23.3 Å². The van der Waals surface area contributed by atoms with E-state index in [1.165, 1.54) is 0 Å². The molecule has 1 aliphatic carbocycles. The average molecular weight is 467 g/mol. The van der Waals surface area contributed by atoms with Crippen LogP contribution in [0.2, 0.25) is 0 Å². The van der Waals surface area contributed by atoms with E-state index >= 15 is 8.78 Å². The zero-order chi connectivity index (χ0) is 24.2. The number of allylic oxidation sites excluding steroid dienone is 2. The second-order valence-electron chi connectivity index (χ2n) is 9.20. The molecule has 1 saturated carbocycles. The monoisotopic (exact) mass is 466 g/mol. The van der Waals surface area contributed by atoms with E-state index in [1.54, 1.807) is 48.5 Å². The van der Waals surface area contributed by atoms with Crippen LogP contribution in [-0.4, -0.2) is 0 Å². The molecular weight excluding hydrogens is 436 g/mol. The maximum Gasteiger partial charge on any atom is 0.166 e. The zero-order valence-corrected chi connectivity index (χ0v) is 19.7. The van der Waals surface area contributed by atoms with Gasteiger partial charge in [-0.2, -0.15) is 0 Å². The van der Waals surface area contributed by atoms with E-state index in [-0.39, 0.29) is 17.0 Å². The van der Waals surface area contributed by atoms with Gasteiger partial charge in [0.15, 0.2) is 23.3 Å². The molecule has 3 aromatic carbocycles. The maximum atomic E-state index is 15.1. The molecule has 34 heavy (non-hydrogen) atoms. The molecule has 0 saturated heterocycles. The molecule has 0 aromatic heterocycles. The Hall–Kier alpha value is -2.88. The molecule has 4 heteroatoms.